The van der Waals surface area contributed by atoms with Crippen LogP contribution in [0.2, 0.25) is 0 Å². The molecule has 0 amide bonds. The van der Waals surface area contributed by atoms with Crippen LogP contribution in [0.3, 0.4) is 0 Å². The first-order chi connectivity index (χ1) is 6.35. The van der Waals surface area contributed by atoms with E-state index in [9.17, 15) is 0 Å². The molecule has 0 radical (unpaired) electrons. The average molecular weight is 186 g/mol. The lowest BCUT2D eigenvalue weighted by atomic mass is 10.2. The molecule has 2 heteroatoms. The Labute approximate surface area is 81.9 Å². The highest BCUT2D eigenvalue weighted by Gasteiger charge is 2.01. The summed E-state index contributed by atoms with van der Waals surface area (Å²) in [5.74, 6) is 0. The summed E-state index contributed by atoms with van der Waals surface area (Å²) in [5.41, 5.74) is 0. The lowest BCUT2D eigenvalue weighted by Crippen LogP contribution is -2.11. The van der Waals surface area contributed by atoms with Gasteiger partial charge in [0, 0.05) is 20.6 Å². The third-order valence-corrected chi connectivity index (χ3v) is 1.99. The number of ether oxygens (including phenoxy) is 2. The van der Waals surface area contributed by atoms with E-state index in [0.29, 0.717) is 0 Å². The lowest BCUT2D eigenvalue weighted by Gasteiger charge is -2.10. The topological polar surface area (TPSA) is 18.5 Å². The van der Waals surface area contributed by atoms with Gasteiger partial charge in [-0.1, -0.05) is 31.9 Å². The Morgan fingerprint density at radius 1 is 1.08 bits per heavy atom. The normalized spacial score (nSPS) is 11.7. The van der Waals surface area contributed by atoms with Crippen LogP contribution < -0.4 is 0 Å². The average Bonchev–Trinajstić information content (AvgIpc) is 2.17. The van der Waals surface area contributed by atoms with Crippen LogP contribution in [0.15, 0.2) is 12.2 Å². The molecule has 0 aromatic carbocycles. The molecule has 0 aliphatic heterocycles. The number of allylic oxidation sites excluding steroid dienone is 2. The first-order valence-corrected chi connectivity index (χ1v) is 5.05. The Balaban J connectivity index is 3.26. The third kappa shape index (κ3) is 8.00. The van der Waals surface area contributed by atoms with Crippen molar-refractivity contribution < 1.29 is 9.47 Å². The zero-order valence-corrected chi connectivity index (χ0v) is 9.08. The van der Waals surface area contributed by atoms with Gasteiger partial charge in [0.1, 0.15) is 0 Å². The molecule has 0 aromatic rings. The van der Waals surface area contributed by atoms with Crippen molar-refractivity contribution in [2.45, 2.75) is 45.3 Å². The highest BCUT2D eigenvalue weighted by molar-refractivity contribution is 4.81. The smallest absolute Gasteiger partial charge is 0.157 e. The van der Waals surface area contributed by atoms with E-state index in [-0.39, 0.29) is 6.29 Å². The molecule has 0 saturated heterocycles. The number of unbranched alkanes of at least 4 members (excludes halogenated alkanes) is 2. The maximum Gasteiger partial charge on any atom is 0.157 e. The van der Waals surface area contributed by atoms with Gasteiger partial charge in [-0.3, -0.25) is 0 Å². The Hall–Kier alpha value is -0.340. The number of rotatable bonds is 8. The van der Waals surface area contributed by atoms with Crippen LogP contribution in [0.5, 0.6) is 0 Å². The monoisotopic (exact) mass is 186 g/mol. The van der Waals surface area contributed by atoms with Gasteiger partial charge in [0.2, 0.25) is 0 Å². The molecular formula is C11H22O2. The molecule has 13 heavy (non-hydrogen) atoms. The second kappa shape index (κ2) is 9.75. The van der Waals surface area contributed by atoms with Crippen molar-refractivity contribution >= 4 is 0 Å². The van der Waals surface area contributed by atoms with Crippen molar-refractivity contribution in [3.05, 3.63) is 12.2 Å². The molecule has 0 fully saturated rings. The van der Waals surface area contributed by atoms with E-state index in [4.69, 9.17) is 9.47 Å². The quantitative estimate of drug-likeness (QED) is 0.329. The summed E-state index contributed by atoms with van der Waals surface area (Å²) < 4.78 is 10.1. The first kappa shape index (κ1) is 12.7. The second-order valence-corrected chi connectivity index (χ2v) is 3.09. The molecule has 0 aliphatic rings. The maximum absolute atomic E-state index is 5.07. The predicted octanol–water partition coefficient (Wildman–Crippen LogP) is 3.13. The van der Waals surface area contributed by atoms with Crippen molar-refractivity contribution in [1.82, 2.24) is 0 Å². The third-order valence-electron chi connectivity index (χ3n) is 1.99. The van der Waals surface area contributed by atoms with E-state index >= 15 is 0 Å². The molecule has 0 atom stereocenters. The molecule has 0 N–H and O–H groups in total. The molecule has 0 aliphatic carbocycles. The fourth-order valence-electron chi connectivity index (χ4n) is 1.12. The zero-order valence-electron chi connectivity index (χ0n) is 9.08. The van der Waals surface area contributed by atoms with Crippen LogP contribution in [0.25, 0.3) is 0 Å². The van der Waals surface area contributed by atoms with Gasteiger partial charge in [-0.15, -0.1) is 0 Å². The minimum atomic E-state index is -0.0455. The molecular weight excluding hydrogens is 164 g/mol. The van der Waals surface area contributed by atoms with Crippen molar-refractivity contribution in [2.24, 2.45) is 0 Å². The Bertz CT molecular complexity index is 117. The summed E-state index contributed by atoms with van der Waals surface area (Å²) in [6.07, 6.45) is 10.1. The van der Waals surface area contributed by atoms with E-state index in [1.807, 2.05) is 0 Å². The molecule has 0 aromatic heterocycles. The van der Waals surface area contributed by atoms with Gasteiger partial charge in [0.05, 0.1) is 0 Å². The van der Waals surface area contributed by atoms with Gasteiger partial charge < -0.3 is 9.47 Å². The van der Waals surface area contributed by atoms with Crippen molar-refractivity contribution in [1.29, 1.82) is 0 Å². The minimum Gasteiger partial charge on any atom is -0.356 e. The van der Waals surface area contributed by atoms with Crippen LogP contribution in [0.1, 0.15) is 39.0 Å². The summed E-state index contributed by atoms with van der Waals surface area (Å²) in [5, 5.41) is 0. The van der Waals surface area contributed by atoms with Gasteiger partial charge in [0.15, 0.2) is 6.29 Å². The van der Waals surface area contributed by atoms with Crippen LogP contribution in [0, 0.1) is 0 Å². The van der Waals surface area contributed by atoms with Gasteiger partial charge in [-0.2, -0.15) is 0 Å². The molecule has 0 heterocycles. The lowest BCUT2D eigenvalue weighted by molar-refractivity contribution is -0.105. The van der Waals surface area contributed by atoms with E-state index < -0.39 is 0 Å². The van der Waals surface area contributed by atoms with Gasteiger partial charge in [-0.25, -0.2) is 0 Å². The largest absolute Gasteiger partial charge is 0.356 e. The Morgan fingerprint density at radius 2 is 1.69 bits per heavy atom. The summed E-state index contributed by atoms with van der Waals surface area (Å²) in [6, 6.07) is 0. The van der Waals surface area contributed by atoms with Gasteiger partial charge >= 0.3 is 0 Å². The Kier molecular flexibility index (Phi) is 9.49. The number of hydrogen-bond donors (Lipinski definition) is 0. The maximum atomic E-state index is 5.07. The molecule has 0 spiro atoms. The summed E-state index contributed by atoms with van der Waals surface area (Å²) in [4.78, 5) is 0. The highest BCUT2D eigenvalue weighted by atomic mass is 16.7. The molecule has 2 nitrogen and oxygen atoms in total. The molecule has 0 rings (SSSR count). The molecule has 0 bridgehead atoms. The SMILES string of the molecule is CCCC/C=C/CCC(OC)OC. The highest BCUT2D eigenvalue weighted by Crippen LogP contribution is 2.03. The fourth-order valence-corrected chi connectivity index (χ4v) is 1.12. The van der Waals surface area contributed by atoms with E-state index in [0.717, 1.165) is 12.8 Å². The van der Waals surface area contributed by atoms with E-state index in [1.54, 1.807) is 14.2 Å². The number of hydrogen-bond acceptors (Lipinski definition) is 2. The second-order valence-electron chi connectivity index (χ2n) is 3.09. The van der Waals surface area contributed by atoms with Crippen molar-refractivity contribution in [3.63, 3.8) is 0 Å². The number of methoxy groups -OCH3 is 2. The van der Waals surface area contributed by atoms with Crippen LogP contribution in [-0.2, 0) is 9.47 Å². The minimum absolute atomic E-state index is 0.0455. The summed E-state index contributed by atoms with van der Waals surface area (Å²) in [6.45, 7) is 2.21. The summed E-state index contributed by atoms with van der Waals surface area (Å²) in [7, 11) is 3.35. The van der Waals surface area contributed by atoms with Crippen molar-refractivity contribution in [2.75, 3.05) is 14.2 Å². The molecule has 0 saturated carbocycles. The van der Waals surface area contributed by atoms with E-state index in [1.165, 1.54) is 19.3 Å². The van der Waals surface area contributed by atoms with Gasteiger partial charge in [0.25, 0.3) is 0 Å². The predicted molar refractivity (Wildman–Crippen MR) is 55.7 cm³/mol. The molecule has 78 valence electrons. The zero-order chi connectivity index (χ0) is 9.94. The Morgan fingerprint density at radius 3 is 2.23 bits per heavy atom. The summed E-state index contributed by atoms with van der Waals surface area (Å²) >= 11 is 0. The van der Waals surface area contributed by atoms with Gasteiger partial charge in [-0.05, 0) is 12.8 Å². The van der Waals surface area contributed by atoms with Crippen LogP contribution in [0.4, 0.5) is 0 Å². The van der Waals surface area contributed by atoms with E-state index in [2.05, 4.69) is 19.1 Å². The molecule has 0 unspecified atom stereocenters. The van der Waals surface area contributed by atoms with Crippen LogP contribution >= 0.6 is 0 Å². The standard InChI is InChI=1S/C11H22O2/c1-4-5-6-7-8-9-10-11(12-2)13-3/h7-8,11H,4-6,9-10H2,1-3H3/b8-7+. The van der Waals surface area contributed by atoms with Crippen LogP contribution in [-0.4, -0.2) is 20.5 Å². The van der Waals surface area contributed by atoms with Crippen molar-refractivity contribution in [3.8, 4) is 0 Å². The fraction of sp³-hybridized carbons (Fsp3) is 0.818. The first-order valence-electron chi connectivity index (χ1n) is 5.05.